The normalized spacial score (nSPS) is 15.6. The molecule has 0 aliphatic heterocycles. The molecule has 1 saturated carbocycles. The molecule has 0 spiro atoms. The summed E-state index contributed by atoms with van der Waals surface area (Å²) in [7, 11) is 0. The Hall–Kier alpha value is -1.28. The molecule has 0 bridgehead atoms. The van der Waals surface area contributed by atoms with Crippen molar-refractivity contribution in [2.24, 2.45) is 0 Å². The smallest absolute Gasteiger partial charge is 0.0483 e. The van der Waals surface area contributed by atoms with Crippen LogP contribution in [0.4, 0.5) is 0 Å². The van der Waals surface area contributed by atoms with Gasteiger partial charge in [-0.1, -0.05) is 19.1 Å². The SMILES string of the molecule is CCCn1ccc2c(CNC3CC3)cccc21. The molecule has 2 aromatic rings. The number of nitrogens with zero attached hydrogens (tertiary/aromatic N) is 1. The van der Waals surface area contributed by atoms with Crippen LogP contribution >= 0.6 is 0 Å². The van der Waals surface area contributed by atoms with E-state index >= 15 is 0 Å². The third-order valence-electron chi connectivity index (χ3n) is 3.53. The first kappa shape index (κ1) is 10.8. The highest BCUT2D eigenvalue weighted by atomic mass is 15.0. The first-order chi connectivity index (χ1) is 8.38. The summed E-state index contributed by atoms with van der Waals surface area (Å²) in [6, 6.07) is 9.69. The molecule has 0 amide bonds. The quantitative estimate of drug-likeness (QED) is 0.831. The number of nitrogens with one attached hydrogen (secondary N) is 1. The van der Waals surface area contributed by atoms with Crippen molar-refractivity contribution in [3.05, 3.63) is 36.0 Å². The molecule has 1 aliphatic rings. The van der Waals surface area contributed by atoms with Gasteiger partial charge >= 0.3 is 0 Å². The van der Waals surface area contributed by atoms with E-state index < -0.39 is 0 Å². The molecule has 2 heteroatoms. The van der Waals surface area contributed by atoms with E-state index in [0.717, 1.165) is 19.1 Å². The zero-order chi connectivity index (χ0) is 11.7. The van der Waals surface area contributed by atoms with Crippen LogP contribution < -0.4 is 5.32 Å². The van der Waals surface area contributed by atoms with Crippen LogP contribution in [0.1, 0.15) is 31.7 Å². The minimum atomic E-state index is 0.781. The van der Waals surface area contributed by atoms with Gasteiger partial charge in [0, 0.05) is 36.2 Å². The number of hydrogen-bond acceptors (Lipinski definition) is 1. The fraction of sp³-hybridized carbons (Fsp3) is 0.467. The Balaban J connectivity index is 1.89. The number of aryl methyl sites for hydroxylation is 1. The van der Waals surface area contributed by atoms with Crippen molar-refractivity contribution in [3.8, 4) is 0 Å². The molecular formula is C15H20N2. The van der Waals surface area contributed by atoms with Gasteiger partial charge in [-0.3, -0.25) is 0 Å². The van der Waals surface area contributed by atoms with E-state index in [9.17, 15) is 0 Å². The molecular weight excluding hydrogens is 208 g/mol. The standard InChI is InChI=1S/C15H20N2/c1-2-9-17-10-8-14-12(4-3-5-15(14)17)11-16-13-6-7-13/h3-5,8,10,13,16H,2,6-7,9,11H2,1H3. The van der Waals surface area contributed by atoms with Crippen molar-refractivity contribution in [2.75, 3.05) is 0 Å². The number of aromatic nitrogens is 1. The Kier molecular flexibility index (Phi) is 2.89. The van der Waals surface area contributed by atoms with E-state index in [0.29, 0.717) is 0 Å². The zero-order valence-electron chi connectivity index (χ0n) is 10.4. The molecule has 0 saturated heterocycles. The number of hydrogen-bond donors (Lipinski definition) is 1. The molecule has 1 aliphatic carbocycles. The van der Waals surface area contributed by atoms with Gasteiger partial charge in [0.25, 0.3) is 0 Å². The minimum absolute atomic E-state index is 0.781. The Labute approximate surface area is 103 Å². The Bertz CT molecular complexity index is 509. The number of rotatable bonds is 5. The molecule has 1 N–H and O–H groups in total. The van der Waals surface area contributed by atoms with E-state index in [-0.39, 0.29) is 0 Å². The van der Waals surface area contributed by atoms with Gasteiger partial charge in [-0.2, -0.15) is 0 Å². The lowest BCUT2D eigenvalue weighted by atomic mass is 10.1. The van der Waals surface area contributed by atoms with Gasteiger partial charge in [0.15, 0.2) is 0 Å². The minimum Gasteiger partial charge on any atom is -0.347 e. The second-order valence-electron chi connectivity index (χ2n) is 5.01. The summed E-state index contributed by atoms with van der Waals surface area (Å²) in [4.78, 5) is 0. The topological polar surface area (TPSA) is 17.0 Å². The Morgan fingerprint density at radius 3 is 2.94 bits per heavy atom. The maximum atomic E-state index is 3.60. The average Bonchev–Trinajstić information content (AvgIpc) is 3.09. The fourth-order valence-corrected chi connectivity index (χ4v) is 2.42. The first-order valence-corrected chi connectivity index (χ1v) is 6.68. The van der Waals surface area contributed by atoms with Crippen molar-refractivity contribution in [1.82, 2.24) is 9.88 Å². The molecule has 1 aromatic heterocycles. The highest BCUT2D eigenvalue weighted by Gasteiger charge is 2.20. The van der Waals surface area contributed by atoms with Gasteiger partial charge in [0.05, 0.1) is 0 Å². The Morgan fingerprint density at radius 1 is 1.29 bits per heavy atom. The van der Waals surface area contributed by atoms with Crippen LogP contribution in [0.15, 0.2) is 30.5 Å². The summed E-state index contributed by atoms with van der Waals surface area (Å²) < 4.78 is 2.36. The molecule has 1 fully saturated rings. The van der Waals surface area contributed by atoms with E-state index in [2.05, 4.69) is 47.3 Å². The molecule has 0 unspecified atom stereocenters. The van der Waals surface area contributed by atoms with Gasteiger partial charge < -0.3 is 9.88 Å². The predicted molar refractivity (Wildman–Crippen MR) is 72.1 cm³/mol. The van der Waals surface area contributed by atoms with Crippen LogP contribution in [0.5, 0.6) is 0 Å². The summed E-state index contributed by atoms with van der Waals surface area (Å²) in [6.07, 6.45) is 6.11. The summed E-state index contributed by atoms with van der Waals surface area (Å²) in [5.41, 5.74) is 2.81. The number of benzene rings is 1. The van der Waals surface area contributed by atoms with Crippen LogP contribution in [-0.4, -0.2) is 10.6 Å². The lowest BCUT2D eigenvalue weighted by Gasteiger charge is -2.07. The van der Waals surface area contributed by atoms with Crippen LogP contribution in [0.25, 0.3) is 10.9 Å². The molecule has 0 radical (unpaired) electrons. The van der Waals surface area contributed by atoms with Crippen molar-refractivity contribution in [3.63, 3.8) is 0 Å². The van der Waals surface area contributed by atoms with Crippen LogP contribution in [-0.2, 0) is 13.1 Å². The third kappa shape index (κ3) is 2.22. The second kappa shape index (κ2) is 4.53. The van der Waals surface area contributed by atoms with Crippen molar-refractivity contribution < 1.29 is 0 Å². The highest BCUT2D eigenvalue weighted by molar-refractivity contribution is 5.83. The molecule has 2 nitrogen and oxygen atoms in total. The lowest BCUT2D eigenvalue weighted by molar-refractivity contribution is 0.690. The zero-order valence-corrected chi connectivity index (χ0v) is 10.4. The van der Waals surface area contributed by atoms with Crippen molar-refractivity contribution in [1.29, 1.82) is 0 Å². The van der Waals surface area contributed by atoms with Crippen LogP contribution in [0.3, 0.4) is 0 Å². The molecule has 0 atom stereocenters. The van der Waals surface area contributed by atoms with Gasteiger partial charge in [0.2, 0.25) is 0 Å². The molecule has 3 rings (SSSR count). The summed E-state index contributed by atoms with van der Waals surface area (Å²) in [5.74, 6) is 0. The first-order valence-electron chi connectivity index (χ1n) is 6.68. The maximum Gasteiger partial charge on any atom is 0.0483 e. The largest absolute Gasteiger partial charge is 0.347 e. The van der Waals surface area contributed by atoms with Gasteiger partial charge in [-0.05, 0) is 37.0 Å². The average molecular weight is 228 g/mol. The van der Waals surface area contributed by atoms with Crippen LogP contribution in [0.2, 0.25) is 0 Å². The van der Waals surface area contributed by atoms with Crippen molar-refractivity contribution in [2.45, 2.75) is 45.3 Å². The molecule has 17 heavy (non-hydrogen) atoms. The molecule has 1 heterocycles. The predicted octanol–water partition coefficient (Wildman–Crippen LogP) is 3.30. The maximum absolute atomic E-state index is 3.60. The third-order valence-corrected chi connectivity index (χ3v) is 3.53. The molecule has 1 aromatic carbocycles. The summed E-state index contributed by atoms with van der Waals surface area (Å²) in [6.45, 7) is 4.35. The Morgan fingerprint density at radius 2 is 2.18 bits per heavy atom. The van der Waals surface area contributed by atoms with E-state index in [1.807, 2.05) is 0 Å². The van der Waals surface area contributed by atoms with Gasteiger partial charge in [0.1, 0.15) is 0 Å². The van der Waals surface area contributed by atoms with Gasteiger partial charge in [-0.25, -0.2) is 0 Å². The highest BCUT2D eigenvalue weighted by Crippen LogP contribution is 2.23. The monoisotopic (exact) mass is 228 g/mol. The van der Waals surface area contributed by atoms with Crippen molar-refractivity contribution >= 4 is 10.9 Å². The fourth-order valence-electron chi connectivity index (χ4n) is 2.42. The summed E-state index contributed by atoms with van der Waals surface area (Å²) in [5, 5.41) is 5.01. The second-order valence-corrected chi connectivity index (χ2v) is 5.01. The summed E-state index contributed by atoms with van der Waals surface area (Å²) >= 11 is 0. The molecule has 90 valence electrons. The van der Waals surface area contributed by atoms with E-state index in [1.54, 1.807) is 0 Å². The number of fused-ring (bicyclic) bond motifs is 1. The van der Waals surface area contributed by atoms with Gasteiger partial charge in [-0.15, -0.1) is 0 Å². The lowest BCUT2D eigenvalue weighted by Crippen LogP contribution is -2.15. The van der Waals surface area contributed by atoms with E-state index in [4.69, 9.17) is 0 Å². The van der Waals surface area contributed by atoms with E-state index in [1.165, 1.54) is 35.7 Å². The van der Waals surface area contributed by atoms with Crippen LogP contribution in [0, 0.1) is 0 Å².